The van der Waals surface area contributed by atoms with Crippen LogP contribution in [0.25, 0.3) is 0 Å². The number of nitrogen functional groups attached to an aromatic ring is 1. The molecule has 31 heavy (non-hydrogen) atoms. The fraction of sp³-hybridized carbons (Fsp3) is 0.333. The normalized spacial score (nSPS) is 14.7. The van der Waals surface area contributed by atoms with Crippen LogP contribution in [0.1, 0.15) is 17.2 Å². The quantitative estimate of drug-likeness (QED) is 0.544. The molecular formula is C24H30N6O. The van der Waals surface area contributed by atoms with Crippen LogP contribution in [0.15, 0.2) is 67.0 Å². The molecule has 0 bridgehead atoms. The predicted molar refractivity (Wildman–Crippen MR) is 125 cm³/mol. The average molecular weight is 419 g/mol. The highest BCUT2D eigenvalue weighted by molar-refractivity contribution is 5.75. The summed E-state index contributed by atoms with van der Waals surface area (Å²) in [4.78, 5) is 13.6. The topological polar surface area (TPSA) is 79.5 Å². The first kappa shape index (κ1) is 21.1. The Bertz CT molecular complexity index is 905. The zero-order chi connectivity index (χ0) is 21.5. The number of hydrogen-bond donors (Lipinski definition) is 2. The second-order valence-corrected chi connectivity index (χ2v) is 7.63. The first-order chi connectivity index (χ1) is 15.3. The van der Waals surface area contributed by atoms with Gasteiger partial charge in [-0.1, -0.05) is 60.7 Å². The molecule has 0 saturated carbocycles. The number of nitrogens with one attached hydrogen (secondary N) is 1. The number of nitrogens with two attached hydrogens (primary N) is 1. The van der Waals surface area contributed by atoms with Gasteiger partial charge in [0.25, 0.3) is 0 Å². The maximum Gasteiger partial charge on any atom is 0.157 e. The third kappa shape index (κ3) is 4.95. The van der Waals surface area contributed by atoms with E-state index in [2.05, 4.69) is 85.7 Å². The molecular weight excluding hydrogens is 388 g/mol. The molecule has 0 spiro atoms. The molecule has 7 heteroatoms. The summed E-state index contributed by atoms with van der Waals surface area (Å²) < 4.78 is 5.09. The molecule has 4 rings (SSSR count). The van der Waals surface area contributed by atoms with Gasteiger partial charge in [-0.3, -0.25) is 4.90 Å². The number of aromatic nitrogens is 2. The minimum absolute atomic E-state index is 0.235. The van der Waals surface area contributed by atoms with Gasteiger partial charge in [-0.05, 0) is 11.1 Å². The van der Waals surface area contributed by atoms with E-state index in [-0.39, 0.29) is 6.04 Å². The summed E-state index contributed by atoms with van der Waals surface area (Å²) in [5, 5.41) is 3.23. The second-order valence-electron chi connectivity index (χ2n) is 7.63. The fourth-order valence-electron chi connectivity index (χ4n) is 4.13. The van der Waals surface area contributed by atoms with Crippen molar-refractivity contribution in [2.24, 2.45) is 0 Å². The number of piperazine rings is 1. The summed E-state index contributed by atoms with van der Waals surface area (Å²) in [6, 6.07) is 21.7. The summed E-state index contributed by atoms with van der Waals surface area (Å²) in [7, 11) is 1.67. The van der Waals surface area contributed by atoms with E-state index in [9.17, 15) is 0 Å². The number of ether oxygens (including phenoxy) is 1. The smallest absolute Gasteiger partial charge is 0.157 e. The molecule has 162 valence electrons. The van der Waals surface area contributed by atoms with E-state index in [4.69, 9.17) is 10.5 Å². The van der Waals surface area contributed by atoms with Gasteiger partial charge in [0.2, 0.25) is 0 Å². The molecule has 1 saturated heterocycles. The highest BCUT2D eigenvalue weighted by Gasteiger charge is 2.27. The van der Waals surface area contributed by atoms with E-state index in [1.807, 2.05) is 0 Å². The molecule has 0 atom stereocenters. The van der Waals surface area contributed by atoms with Crippen molar-refractivity contribution in [2.75, 3.05) is 62.4 Å². The van der Waals surface area contributed by atoms with E-state index < -0.39 is 0 Å². The third-order valence-electron chi connectivity index (χ3n) is 5.67. The molecule has 2 heterocycles. The molecule has 3 aromatic rings. The predicted octanol–water partition coefficient (Wildman–Crippen LogP) is 3.03. The summed E-state index contributed by atoms with van der Waals surface area (Å²) in [5.74, 6) is 1.46. The van der Waals surface area contributed by atoms with E-state index in [0.717, 1.165) is 32.0 Å². The van der Waals surface area contributed by atoms with Gasteiger partial charge >= 0.3 is 0 Å². The first-order valence-electron chi connectivity index (χ1n) is 10.7. The standard InChI is InChI=1S/C24H30N6O/c1-31-17-12-26-23-21(25)24(28-18-27-23)30-15-13-29(14-16-30)22(19-8-4-2-5-9-19)20-10-6-3-7-11-20/h2-11,18,22H,12-17,25H2,1H3,(H,26,27,28). The van der Waals surface area contributed by atoms with Crippen molar-refractivity contribution >= 4 is 17.3 Å². The number of anilines is 3. The van der Waals surface area contributed by atoms with Crippen molar-refractivity contribution in [3.05, 3.63) is 78.1 Å². The summed E-state index contributed by atoms with van der Waals surface area (Å²) in [6.07, 6.45) is 1.57. The van der Waals surface area contributed by atoms with Gasteiger partial charge < -0.3 is 20.7 Å². The maximum atomic E-state index is 6.39. The van der Waals surface area contributed by atoms with Gasteiger partial charge in [-0.15, -0.1) is 0 Å². The third-order valence-corrected chi connectivity index (χ3v) is 5.67. The molecule has 0 unspecified atom stereocenters. The van der Waals surface area contributed by atoms with Crippen LogP contribution in [0.5, 0.6) is 0 Å². The van der Waals surface area contributed by atoms with Crippen molar-refractivity contribution in [3.8, 4) is 0 Å². The Balaban J connectivity index is 1.49. The van der Waals surface area contributed by atoms with Crippen LogP contribution in [0.3, 0.4) is 0 Å². The zero-order valence-corrected chi connectivity index (χ0v) is 17.9. The number of nitrogens with zero attached hydrogens (tertiary/aromatic N) is 4. The lowest BCUT2D eigenvalue weighted by Crippen LogP contribution is -2.48. The largest absolute Gasteiger partial charge is 0.393 e. The van der Waals surface area contributed by atoms with Crippen molar-refractivity contribution in [1.29, 1.82) is 0 Å². The van der Waals surface area contributed by atoms with Crippen molar-refractivity contribution in [1.82, 2.24) is 14.9 Å². The van der Waals surface area contributed by atoms with E-state index in [0.29, 0.717) is 24.7 Å². The molecule has 7 nitrogen and oxygen atoms in total. The summed E-state index contributed by atoms with van der Waals surface area (Å²) in [6.45, 7) is 4.80. The van der Waals surface area contributed by atoms with Crippen LogP contribution in [0.2, 0.25) is 0 Å². The second kappa shape index (κ2) is 10.2. The van der Waals surface area contributed by atoms with E-state index in [1.54, 1.807) is 13.4 Å². The van der Waals surface area contributed by atoms with Gasteiger partial charge in [-0.2, -0.15) is 0 Å². The number of rotatable bonds is 8. The Kier molecular flexibility index (Phi) is 6.96. The first-order valence-corrected chi connectivity index (χ1v) is 10.7. The zero-order valence-electron chi connectivity index (χ0n) is 17.9. The van der Waals surface area contributed by atoms with E-state index in [1.165, 1.54) is 11.1 Å². The van der Waals surface area contributed by atoms with Crippen molar-refractivity contribution in [3.63, 3.8) is 0 Å². The minimum Gasteiger partial charge on any atom is -0.393 e. The molecule has 0 radical (unpaired) electrons. The van der Waals surface area contributed by atoms with Crippen LogP contribution < -0.4 is 16.0 Å². The summed E-state index contributed by atoms with van der Waals surface area (Å²) in [5.41, 5.74) is 9.61. The monoisotopic (exact) mass is 418 g/mol. The lowest BCUT2D eigenvalue weighted by molar-refractivity contribution is 0.210. The lowest BCUT2D eigenvalue weighted by atomic mass is 9.96. The van der Waals surface area contributed by atoms with Gasteiger partial charge in [0.05, 0.1) is 12.6 Å². The van der Waals surface area contributed by atoms with Crippen molar-refractivity contribution < 1.29 is 4.74 Å². The van der Waals surface area contributed by atoms with Crippen LogP contribution in [-0.2, 0) is 4.74 Å². The van der Waals surface area contributed by atoms with Crippen LogP contribution in [0.4, 0.5) is 17.3 Å². The molecule has 2 aromatic carbocycles. The average Bonchev–Trinajstić information content (AvgIpc) is 2.83. The highest BCUT2D eigenvalue weighted by Crippen LogP contribution is 2.32. The van der Waals surface area contributed by atoms with Gasteiger partial charge in [0.1, 0.15) is 12.0 Å². The molecule has 3 N–H and O–H groups in total. The molecule has 0 amide bonds. The minimum atomic E-state index is 0.235. The Hall–Kier alpha value is -3.16. The van der Waals surface area contributed by atoms with Crippen molar-refractivity contribution in [2.45, 2.75) is 6.04 Å². The van der Waals surface area contributed by atoms with Crippen LogP contribution in [-0.4, -0.2) is 61.3 Å². The Labute approximate surface area is 183 Å². The molecule has 1 aliphatic rings. The van der Waals surface area contributed by atoms with Gasteiger partial charge in [0.15, 0.2) is 11.6 Å². The number of benzene rings is 2. The molecule has 1 aliphatic heterocycles. The Morgan fingerprint density at radius 3 is 2.13 bits per heavy atom. The molecule has 1 fully saturated rings. The van der Waals surface area contributed by atoms with Gasteiger partial charge in [-0.25, -0.2) is 9.97 Å². The highest BCUT2D eigenvalue weighted by atomic mass is 16.5. The number of hydrogen-bond acceptors (Lipinski definition) is 7. The summed E-state index contributed by atoms with van der Waals surface area (Å²) >= 11 is 0. The fourth-order valence-corrected chi connectivity index (χ4v) is 4.13. The Morgan fingerprint density at radius 2 is 1.55 bits per heavy atom. The van der Waals surface area contributed by atoms with E-state index >= 15 is 0 Å². The lowest BCUT2D eigenvalue weighted by Gasteiger charge is -2.40. The molecule has 0 aliphatic carbocycles. The van der Waals surface area contributed by atoms with Gasteiger partial charge in [0, 0.05) is 39.8 Å². The SMILES string of the molecule is COCCNc1ncnc(N2CCN(C(c3ccccc3)c3ccccc3)CC2)c1N. The molecule has 1 aromatic heterocycles. The van der Waals surface area contributed by atoms with Crippen LogP contribution >= 0.6 is 0 Å². The number of methoxy groups -OCH3 is 1. The van der Waals surface area contributed by atoms with Crippen LogP contribution in [0, 0.1) is 0 Å². The Morgan fingerprint density at radius 1 is 0.935 bits per heavy atom. The maximum absolute atomic E-state index is 6.39.